The predicted molar refractivity (Wildman–Crippen MR) is 83.4 cm³/mol. The van der Waals surface area contributed by atoms with E-state index in [-0.39, 0.29) is 0 Å². The normalized spacial score (nSPS) is 10.0. The molecule has 0 radical (unpaired) electrons. The molecule has 0 atom stereocenters. The predicted octanol–water partition coefficient (Wildman–Crippen LogP) is 3.10. The Balaban J connectivity index is 2.37. The van der Waals surface area contributed by atoms with Gasteiger partial charge in [-0.1, -0.05) is 24.4 Å². The molecule has 0 spiro atoms. The maximum Gasteiger partial charge on any atom is 0.119 e. The SMILES string of the molecule is COc1ccc(N(C)c2ccccc2C(N)=S)cc1. The molecule has 2 aromatic rings. The van der Waals surface area contributed by atoms with Gasteiger partial charge in [0.25, 0.3) is 0 Å². The Kier molecular flexibility index (Phi) is 4.02. The Bertz CT molecular complexity index is 581. The van der Waals surface area contributed by atoms with Crippen molar-refractivity contribution in [2.75, 3.05) is 19.1 Å². The highest BCUT2D eigenvalue weighted by Crippen LogP contribution is 2.28. The van der Waals surface area contributed by atoms with Gasteiger partial charge in [0.1, 0.15) is 10.7 Å². The molecule has 0 unspecified atom stereocenters. The fraction of sp³-hybridized carbons (Fsp3) is 0.133. The van der Waals surface area contributed by atoms with Gasteiger partial charge in [-0.25, -0.2) is 0 Å². The van der Waals surface area contributed by atoms with E-state index in [1.807, 2.05) is 60.5 Å². The number of hydrogen-bond acceptors (Lipinski definition) is 3. The van der Waals surface area contributed by atoms with Crippen LogP contribution in [-0.4, -0.2) is 19.1 Å². The molecule has 19 heavy (non-hydrogen) atoms. The molecule has 2 aromatic carbocycles. The van der Waals surface area contributed by atoms with E-state index in [1.54, 1.807) is 7.11 Å². The summed E-state index contributed by atoms with van der Waals surface area (Å²) in [5.74, 6) is 0.833. The van der Waals surface area contributed by atoms with Crippen molar-refractivity contribution in [1.29, 1.82) is 0 Å². The van der Waals surface area contributed by atoms with Crippen LogP contribution in [0, 0.1) is 0 Å². The van der Waals surface area contributed by atoms with Crippen molar-refractivity contribution in [2.24, 2.45) is 5.73 Å². The van der Waals surface area contributed by atoms with E-state index in [0.717, 1.165) is 22.7 Å². The monoisotopic (exact) mass is 272 g/mol. The van der Waals surface area contributed by atoms with Crippen LogP contribution in [0.15, 0.2) is 48.5 Å². The Morgan fingerprint density at radius 1 is 1.11 bits per heavy atom. The fourth-order valence-corrected chi connectivity index (χ4v) is 2.09. The summed E-state index contributed by atoms with van der Waals surface area (Å²) >= 11 is 5.09. The molecule has 0 saturated heterocycles. The minimum Gasteiger partial charge on any atom is -0.497 e. The maximum absolute atomic E-state index is 5.76. The number of rotatable bonds is 4. The molecule has 0 aliphatic carbocycles. The lowest BCUT2D eigenvalue weighted by Crippen LogP contribution is -2.17. The fourth-order valence-electron chi connectivity index (χ4n) is 1.92. The molecule has 0 amide bonds. The molecular weight excluding hydrogens is 256 g/mol. The third kappa shape index (κ3) is 2.85. The van der Waals surface area contributed by atoms with Gasteiger partial charge in [0.15, 0.2) is 0 Å². The zero-order valence-corrected chi connectivity index (χ0v) is 11.8. The average molecular weight is 272 g/mol. The number of ether oxygens (including phenoxy) is 1. The van der Waals surface area contributed by atoms with E-state index in [1.165, 1.54) is 0 Å². The number of anilines is 2. The van der Waals surface area contributed by atoms with Crippen molar-refractivity contribution in [1.82, 2.24) is 0 Å². The van der Waals surface area contributed by atoms with Crippen LogP contribution in [0.2, 0.25) is 0 Å². The van der Waals surface area contributed by atoms with E-state index in [4.69, 9.17) is 22.7 Å². The average Bonchev–Trinajstić information content (AvgIpc) is 2.46. The number of benzene rings is 2. The van der Waals surface area contributed by atoms with E-state index < -0.39 is 0 Å². The maximum atomic E-state index is 5.76. The molecule has 0 bridgehead atoms. The zero-order valence-electron chi connectivity index (χ0n) is 11.0. The van der Waals surface area contributed by atoms with Crippen molar-refractivity contribution in [3.63, 3.8) is 0 Å². The summed E-state index contributed by atoms with van der Waals surface area (Å²) in [5, 5.41) is 0. The van der Waals surface area contributed by atoms with Crippen LogP contribution < -0.4 is 15.4 Å². The number of methoxy groups -OCH3 is 1. The van der Waals surface area contributed by atoms with Crippen molar-refractivity contribution < 1.29 is 4.74 Å². The highest BCUT2D eigenvalue weighted by molar-refractivity contribution is 7.80. The largest absolute Gasteiger partial charge is 0.497 e. The van der Waals surface area contributed by atoms with Crippen molar-refractivity contribution in [2.45, 2.75) is 0 Å². The molecule has 0 heterocycles. The van der Waals surface area contributed by atoms with Gasteiger partial charge in [0.2, 0.25) is 0 Å². The standard InChI is InChI=1S/C15H16N2OS/c1-17(11-7-9-12(18-2)10-8-11)14-6-4-3-5-13(14)15(16)19/h3-10H,1-2H3,(H2,16,19). The minimum atomic E-state index is 0.399. The molecule has 4 heteroatoms. The summed E-state index contributed by atoms with van der Waals surface area (Å²) in [6, 6.07) is 15.7. The highest BCUT2D eigenvalue weighted by Gasteiger charge is 2.10. The lowest BCUT2D eigenvalue weighted by molar-refractivity contribution is 0.415. The first-order chi connectivity index (χ1) is 9.13. The highest BCUT2D eigenvalue weighted by atomic mass is 32.1. The number of para-hydroxylation sites is 1. The Morgan fingerprint density at radius 3 is 2.32 bits per heavy atom. The molecule has 0 aliphatic heterocycles. The quantitative estimate of drug-likeness (QED) is 0.868. The van der Waals surface area contributed by atoms with Crippen LogP contribution >= 0.6 is 12.2 Å². The van der Waals surface area contributed by atoms with Gasteiger partial charge < -0.3 is 15.4 Å². The zero-order chi connectivity index (χ0) is 13.8. The first-order valence-electron chi connectivity index (χ1n) is 5.90. The van der Waals surface area contributed by atoms with Crippen LogP contribution in [0.5, 0.6) is 5.75 Å². The summed E-state index contributed by atoms with van der Waals surface area (Å²) in [6.07, 6.45) is 0. The molecule has 0 aliphatic rings. The molecule has 3 nitrogen and oxygen atoms in total. The van der Waals surface area contributed by atoms with Crippen molar-refractivity contribution >= 4 is 28.6 Å². The lowest BCUT2D eigenvalue weighted by Gasteiger charge is -2.22. The first kappa shape index (κ1) is 13.4. The molecule has 0 aromatic heterocycles. The van der Waals surface area contributed by atoms with Crippen molar-refractivity contribution in [3.05, 3.63) is 54.1 Å². The van der Waals surface area contributed by atoms with Crippen LogP contribution in [-0.2, 0) is 0 Å². The van der Waals surface area contributed by atoms with Gasteiger partial charge in [0.05, 0.1) is 12.8 Å². The number of thiocarbonyl (C=S) groups is 1. The van der Waals surface area contributed by atoms with Crippen LogP contribution in [0.1, 0.15) is 5.56 Å². The number of nitrogens with zero attached hydrogens (tertiary/aromatic N) is 1. The molecule has 0 fully saturated rings. The molecule has 98 valence electrons. The van der Waals surface area contributed by atoms with E-state index >= 15 is 0 Å². The summed E-state index contributed by atoms with van der Waals surface area (Å²) in [7, 11) is 3.64. The van der Waals surface area contributed by atoms with Crippen LogP contribution in [0.4, 0.5) is 11.4 Å². The van der Waals surface area contributed by atoms with Gasteiger partial charge in [-0.15, -0.1) is 0 Å². The van der Waals surface area contributed by atoms with Crippen LogP contribution in [0.3, 0.4) is 0 Å². The molecule has 0 saturated carbocycles. The summed E-state index contributed by atoms with van der Waals surface area (Å²) < 4.78 is 5.16. The number of hydrogen-bond donors (Lipinski definition) is 1. The van der Waals surface area contributed by atoms with Crippen molar-refractivity contribution in [3.8, 4) is 5.75 Å². The first-order valence-corrected chi connectivity index (χ1v) is 6.31. The lowest BCUT2D eigenvalue weighted by atomic mass is 10.1. The van der Waals surface area contributed by atoms with Gasteiger partial charge in [-0.3, -0.25) is 0 Å². The topological polar surface area (TPSA) is 38.5 Å². The second-order valence-corrected chi connectivity index (χ2v) is 4.58. The van der Waals surface area contributed by atoms with Crippen LogP contribution in [0.25, 0.3) is 0 Å². The summed E-state index contributed by atoms with van der Waals surface area (Å²) in [6.45, 7) is 0. The Labute approximate surface area is 118 Å². The second-order valence-electron chi connectivity index (χ2n) is 4.14. The second kappa shape index (κ2) is 5.71. The van der Waals surface area contributed by atoms with E-state index in [0.29, 0.717) is 4.99 Å². The molecule has 2 rings (SSSR count). The minimum absolute atomic E-state index is 0.399. The molecule has 2 N–H and O–H groups in total. The Hall–Kier alpha value is -2.07. The van der Waals surface area contributed by atoms with Gasteiger partial charge >= 0.3 is 0 Å². The summed E-state index contributed by atoms with van der Waals surface area (Å²) in [4.78, 5) is 2.45. The third-order valence-corrected chi connectivity index (χ3v) is 3.21. The van der Waals surface area contributed by atoms with E-state index in [9.17, 15) is 0 Å². The third-order valence-electron chi connectivity index (χ3n) is 2.99. The smallest absolute Gasteiger partial charge is 0.119 e. The molecular formula is C15H16N2OS. The van der Waals surface area contributed by atoms with Gasteiger partial charge in [-0.05, 0) is 36.4 Å². The summed E-state index contributed by atoms with van der Waals surface area (Å²) in [5.41, 5.74) is 8.66. The van der Waals surface area contributed by atoms with Gasteiger partial charge in [-0.2, -0.15) is 0 Å². The number of nitrogens with two attached hydrogens (primary N) is 1. The van der Waals surface area contributed by atoms with E-state index in [2.05, 4.69) is 0 Å². The Morgan fingerprint density at radius 2 is 1.74 bits per heavy atom. The van der Waals surface area contributed by atoms with Gasteiger partial charge in [0, 0.05) is 18.3 Å².